The number of allylic oxidation sites excluding steroid dienone is 1. The molecule has 1 rings (SSSR count). The van der Waals surface area contributed by atoms with Crippen LogP contribution in [0.5, 0.6) is 0 Å². The van der Waals surface area contributed by atoms with Gasteiger partial charge in [0.1, 0.15) is 17.9 Å². The van der Waals surface area contributed by atoms with Gasteiger partial charge < -0.3 is 19.5 Å². The summed E-state index contributed by atoms with van der Waals surface area (Å²) in [6.07, 6.45) is 4.13. The second-order valence-corrected chi connectivity index (χ2v) is 15.4. The molecule has 0 spiro atoms. The van der Waals surface area contributed by atoms with E-state index in [-0.39, 0.29) is 5.91 Å². The summed E-state index contributed by atoms with van der Waals surface area (Å²) in [5.74, 6) is -0.177. The largest absolute Gasteiger partial charge is 0.444 e. The Hall–Kier alpha value is -1.38. The van der Waals surface area contributed by atoms with Gasteiger partial charge in [-0.3, -0.25) is 9.69 Å². The zero-order chi connectivity index (χ0) is 22.2. The Morgan fingerprint density at radius 2 is 1.86 bits per heavy atom. The molecular formula is C21H40N2O5Si. The lowest BCUT2D eigenvalue weighted by atomic mass is 10.00. The number of nitrogens with zero attached hydrogens (tertiary/aromatic N) is 2. The van der Waals surface area contributed by atoms with E-state index in [9.17, 15) is 14.7 Å². The molecule has 0 aromatic heterocycles. The van der Waals surface area contributed by atoms with Crippen molar-refractivity contribution in [2.24, 2.45) is 0 Å². The van der Waals surface area contributed by atoms with Crippen LogP contribution in [0.1, 0.15) is 40.0 Å². The Kier molecular flexibility index (Phi) is 9.84. The van der Waals surface area contributed by atoms with E-state index in [2.05, 4.69) is 25.7 Å². The fourth-order valence-corrected chi connectivity index (χ4v) is 4.00. The number of carbonyl (C=O) groups is 2. The quantitative estimate of drug-likeness (QED) is 0.473. The topological polar surface area (TPSA) is 79.3 Å². The Morgan fingerprint density at radius 3 is 2.41 bits per heavy atom. The molecule has 2 unspecified atom stereocenters. The Bertz CT molecular complexity index is 568. The van der Waals surface area contributed by atoms with Crippen molar-refractivity contribution in [2.75, 3.05) is 26.8 Å². The smallest absolute Gasteiger partial charge is 0.413 e. The summed E-state index contributed by atoms with van der Waals surface area (Å²) < 4.78 is 10.6. The first kappa shape index (κ1) is 25.7. The lowest BCUT2D eigenvalue weighted by Crippen LogP contribution is -2.58. The van der Waals surface area contributed by atoms with Crippen molar-refractivity contribution in [3.05, 3.63) is 12.2 Å². The minimum atomic E-state index is -1.19. The van der Waals surface area contributed by atoms with Gasteiger partial charge in [-0.2, -0.15) is 0 Å². The first-order chi connectivity index (χ1) is 13.4. The highest BCUT2D eigenvalue weighted by Gasteiger charge is 2.41. The lowest BCUT2D eigenvalue weighted by molar-refractivity contribution is -0.145. The molecule has 0 radical (unpaired) electrons. The zero-order valence-corrected chi connectivity index (χ0v) is 20.2. The van der Waals surface area contributed by atoms with E-state index >= 15 is 0 Å². The van der Waals surface area contributed by atoms with Crippen molar-refractivity contribution in [2.45, 2.75) is 83.6 Å². The van der Waals surface area contributed by atoms with Crippen LogP contribution >= 0.6 is 0 Å². The number of rotatable bonds is 8. The molecule has 0 saturated carbocycles. The number of ether oxygens (including phenoxy) is 2. The number of methoxy groups -OCH3 is 1. The fraction of sp³-hybridized carbons (Fsp3) is 0.810. The summed E-state index contributed by atoms with van der Waals surface area (Å²) in [5, 5.41) is 10.4. The van der Waals surface area contributed by atoms with E-state index in [0.717, 1.165) is 6.04 Å². The van der Waals surface area contributed by atoms with Crippen molar-refractivity contribution in [1.29, 1.82) is 0 Å². The van der Waals surface area contributed by atoms with E-state index in [1.807, 2.05) is 6.08 Å². The van der Waals surface area contributed by atoms with Crippen LogP contribution in [0.15, 0.2) is 12.2 Å². The first-order valence-corrected chi connectivity index (χ1v) is 14.2. The van der Waals surface area contributed by atoms with Crippen molar-refractivity contribution in [3.8, 4) is 0 Å². The summed E-state index contributed by atoms with van der Waals surface area (Å²) in [4.78, 5) is 28.9. The van der Waals surface area contributed by atoms with Crippen LogP contribution in [0.2, 0.25) is 25.7 Å². The molecule has 0 aromatic carbocycles. The number of aliphatic hydroxyl groups excluding tert-OH is 1. The molecule has 1 aliphatic heterocycles. The molecule has 7 nitrogen and oxygen atoms in total. The number of amides is 2. The summed E-state index contributed by atoms with van der Waals surface area (Å²) in [7, 11) is 0.409. The lowest BCUT2D eigenvalue weighted by Gasteiger charge is -2.40. The number of hydrogen-bond donors (Lipinski definition) is 1. The van der Waals surface area contributed by atoms with Crippen molar-refractivity contribution >= 4 is 20.1 Å². The number of hydrogen-bond acceptors (Lipinski definition) is 5. The number of piperidine rings is 1. The van der Waals surface area contributed by atoms with Crippen LogP contribution in [-0.2, 0) is 14.3 Å². The molecule has 0 aromatic rings. The predicted octanol–water partition coefficient (Wildman–Crippen LogP) is 3.46. The fourth-order valence-electron chi connectivity index (χ4n) is 3.13. The van der Waals surface area contributed by atoms with Crippen LogP contribution in [0.3, 0.4) is 0 Å². The highest BCUT2D eigenvalue weighted by molar-refractivity contribution is 6.76. The summed E-state index contributed by atoms with van der Waals surface area (Å²) in [6.45, 7) is 13.5. The van der Waals surface area contributed by atoms with Gasteiger partial charge in [-0.15, -0.1) is 0 Å². The molecular weight excluding hydrogens is 388 g/mol. The van der Waals surface area contributed by atoms with E-state index < -0.39 is 32.0 Å². The van der Waals surface area contributed by atoms with Gasteiger partial charge in [-0.05, 0) is 46.1 Å². The maximum absolute atomic E-state index is 13.3. The Morgan fingerprint density at radius 1 is 1.21 bits per heavy atom. The number of aliphatic hydroxyl groups is 1. The highest BCUT2D eigenvalue weighted by Crippen LogP contribution is 2.25. The number of likely N-dealkylation sites (tertiary alicyclic amines) is 1. The minimum absolute atomic E-state index is 0.177. The third-order valence-electron chi connectivity index (χ3n) is 4.59. The van der Waals surface area contributed by atoms with Gasteiger partial charge in [0.15, 0.2) is 0 Å². The van der Waals surface area contributed by atoms with Gasteiger partial charge in [0.05, 0.1) is 6.61 Å². The molecule has 0 aliphatic carbocycles. The molecule has 1 N–H and O–H groups in total. The molecule has 1 aliphatic rings. The van der Waals surface area contributed by atoms with E-state index in [1.165, 1.54) is 4.90 Å². The van der Waals surface area contributed by atoms with Gasteiger partial charge in [0.25, 0.3) is 0 Å². The Balaban J connectivity index is 2.95. The van der Waals surface area contributed by atoms with Crippen LogP contribution in [0, 0.1) is 0 Å². The van der Waals surface area contributed by atoms with Gasteiger partial charge in [-0.25, -0.2) is 4.79 Å². The van der Waals surface area contributed by atoms with Crippen LogP contribution in [0.25, 0.3) is 0 Å². The standard InChI is InChI=1S/C21H40N2O5Si/c1-21(2,3)28-20(26)23-17(11-10-12-18(23)24)19(25)22(14-15-27-4)13-8-9-16-29(5,6)7/h8-9,17-18,24H,10-16H2,1-7H3/b9-8+. The van der Waals surface area contributed by atoms with Gasteiger partial charge in [0, 0.05) is 28.3 Å². The molecule has 1 saturated heterocycles. The van der Waals surface area contributed by atoms with E-state index in [4.69, 9.17) is 9.47 Å². The highest BCUT2D eigenvalue weighted by atomic mass is 28.3. The van der Waals surface area contributed by atoms with E-state index in [1.54, 1.807) is 32.8 Å². The molecule has 0 bridgehead atoms. The molecule has 2 atom stereocenters. The zero-order valence-electron chi connectivity index (χ0n) is 19.2. The summed E-state index contributed by atoms with van der Waals surface area (Å²) in [5.41, 5.74) is -0.697. The second-order valence-electron chi connectivity index (χ2n) is 9.83. The van der Waals surface area contributed by atoms with E-state index in [0.29, 0.717) is 39.0 Å². The van der Waals surface area contributed by atoms with Crippen molar-refractivity contribution in [1.82, 2.24) is 9.80 Å². The average Bonchev–Trinajstić information content (AvgIpc) is 2.57. The minimum Gasteiger partial charge on any atom is -0.444 e. The first-order valence-electron chi connectivity index (χ1n) is 10.5. The molecule has 8 heteroatoms. The summed E-state index contributed by atoms with van der Waals surface area (Å²) in [6, 6.07) is 0.321. The predicted molar refractivity (Wildman–Crippen MR) is 117 cm³/mol. The normalized spacial score (nSPS) is 20.8. The van der Waals surface area contributed by atoms with Crippen molar-refractivity contribution < 1.29 is 24.2 Å². The Labute approximate surface area is 177 Å². The molecule has 2 amide bonds. The monoisotopic (exact) mass is 428 g/mol. The van der Waals surface area contributed by atoms with Crippen LogP contribution in [-0.4, -0.2) is 79.7 Å². The van der Waals surface area contributed by atoms with Crippen molar-refractivity contribution in [3.63, 3.8) is 0 Å². The number of carbonyl (C=O) groups excluding carboxylic acids is 2. The third-order valence-corrected chi connectivity index (χ3v) is 6.05. The van der Waals surface area contributed by atoms with Crippen LogP contribution < -0.4 is 0 Å². The van der Waals surface area contributed by atoms with Crippen LogP contribution in [0.4, 0.5) is 4.79 Å². The molecule has 29 heavy (non-hydrogen) atoms. The molecule has 1 fully saturated rings. The average molecular weight is 429 g/mol. The third kappa shape index (κ3) is 9.31. The maximum Gasteiger partial charge on any atom is 0.413 e. The maximum atomic E-state index is 13.3. The SMILES string of the molecule is COCCN(C/C=C/C[Si](C)(C)C)C(=O)C1CCCC(O)N1C(=O)OC(C)(C)C. The van der Waals surface area contributed by atoms with Gasteiger partial charge in [-0.1, -0.05) is 31.8 Å². The second kappa shape index (κ2) is 11.1. The summed E-state index contributed by atoms with van der Waals surface area (Å²) >= 11 is 0. The van der Waals surface area contributed by atoms with Gasteiger partial charge >= 0.3 is 6.09 Å². The molecule has 168 valence electrons. The van der Waals surface area contributed by atoms with Gasteiger partial charge in [0.2, 0.25) is 5.91 Å². The molecule has 1 heterocycles.